The summed E-state index contributed by atoms with van der Waals surface area (Å²) < 4.78 is 0. The highest BCUT2D eigenvalue weighted by Crippen LogP contribution is 2.17. The third-order valence-electron chi connectivity index (χ3n) is 3.21. The maximum Gasteiger partial charge on any atom is 0.0474 e. The molecule has 1 aliphatic rings. The topological polar surface area (TPSA) is 3.24 Å². The van der Waals surface area contributed by atoms with Crippen LogP contribution in [0.15, 0.2) is 54.8 Å². The van der Waals surface area contributed by atoms with Gasteiger partial charge in [-0.1, -0.05) is 62.2 Å². The van der Waals surface area contributed by atoms with E-state index in [4.69, 9.17) is 0 Å². The second-order valence-electron chi connectivity index (χ2n) is 4.59. The zero-order chi connectivity index (χ0) is 11.9. The molecule has 1 aromatic rings. The zero-order valence-electron chi connectivity index (χ0n) is 10.5. The fourth-order valence-electron chi connectivity index (χ4n) is 2.21. The Kier molecular flexibility index (Phi) is 4.43. The summed E-state index contributed by atoms with van der Waals surface area (Å²) in [5.74, 6) is 0. The molecule has 1 unspecified atom stereocenters. The van der Waals surface area contributed by atoms with Crippen LogP contribution in [-0.2, 0) is 6.54 Å². The van der Waals surface area contributed by atoms with E-state index in [9.17, 15) is 0 Å². The first-order chi connectivity index (χ1) is 8.40. The van der Waals surface area contributed by atoms with Gasteiger partial charge in [0.15, 0.2) is 0 Å². The summed E-state index contributed by atoms with van der Waals surface area (Å²) >= 11 is 0. The maximum absolute atomic E-state index is 2.44. The summed E-state index contributed by atoms with van der Waals surface area (Å²) in [5.41, 5.74) is 1.38. The quantitative estimate of drug-likeness (QED) is 0.731. The molecule has 1 heterocycles. The Morgan fingerprint density at radius 1 is 1.12 bits per heavy atom. The minimum atomic E-state index is 0.570. The largest absolute Gasteiger partial charge is 0.367 e. The predicted molar refractivity (Wildman–Crippen MR) is 73.6 cm³/mol. The van der Waals surface area contributed by atoms with Crippen LogP contribution >= 0.6 is 0 Å². The lowest BCUT2D eigenvalue weighted by Crippen LogP contribution is -2.30. The van der Waals surface area contributed by atoms with Crippen LogP contribution in [0, 0.1) is 0 Å². The third-order valence-corrected chi connectivity index (χ3v) is 3.21. The minimum absolute atomic E-state index is 0.570. The number of allylic oxidation sites excluding steroid dienone is 2. The van der Waals surface area contributed by atoms with Crippen molar-refractivity contribution in [3.8, 4) is 0 Å². The van der Waals surface area contributed by atoms with Crippen molar-refractivity contribution in [1.82, 2.24) is 4.90 Å². The molecule has 1 aromatic carbocycles. The van der Waals surface area contributed by atoms with Crippen molar-refractivity contribution in [2.24, 2.45) is 0 Å². The molecular weight excluding hydrogens is 206 g/mol. The van der Waals surface area contributed by atoms with Gasteiger partial charge in [-0.25, -0.2) is 0 Å². The SMILES string of the molecule is CCCCC1C=CC=CN1Cc1ccccc1. The van der Waals surface area contributed by atoms with Crippen molar-refractivity contribution in [3.63, 3.8) is 0 Å². The van der Waals surface area contributed by atoms with Gasteiger partial charge < -0.3 is 4.90 Å². The average Bonchev–Trinajstić information content (AvgIpc) is 2.39. The predicted octanol–water partition coefficient (Wildman–Crippen LogP) is 4.13. The van der Waals surface area contributed by atoms with E-state index in [-0.39, 0.29) is 0 Å². The molecule has 0 spiro atoms. The molecule has 90 valence electrons. The van der Waals surface area contributed by atoms with Crippen LogP contribution in [0.3, 0.4) is 0 Å². The van der Waals surface area contributed by atoms with Gasteiger partial charge in [0, 0.05) is 12.6 Å². The van der Waals surface area contributed by atoms with E-state index in [0.717, 1.165) is 6.54 Å². The number of nitrogens with zero attached hydrogens (tertiary/aromatic N) is 1. The smallest absolute Gasteiger partial charge is 0.0474 e. The summed E-state index contributed by atoms with van der Waals surface area (Å²) in [6.45, 7) is 3.26. The van der Waals surface area contributed by atoms with Gasteiger partial charge in [0.05, 0.1) is 0 Å². The standard InChI is InChI=1S/C16H21N/c1-2-3-11-16-12-7-8-13-17(16)14-15-9-5-4-6-10-15/h4-10,12-13,16H,2-3,11,14H2,1H3. The Morgan fingerprint density at radius 3 is 2.71 bits per heavy atom. The molecule has 1 heteroatoms. The van der Waals surface area contributed by atoms with Crippen LogP contribution in [0.5, 0.6) is 0 Å². The van der Waals surface area contributed by atoms with Crippen molar-refractivity contribution in [2.75, 3.05) is 0 Å². The van der Waals surface area contributed by atoms with Crippen LogP contribution in [-0.4, -0.2) is 10.9 Å². The van der Waals surface area contributed by atoms with E-state index in [2.05, 4.69) is 66.6 Å². The first kappa shape index (κ1) is 12.0. The summed E-state index contributed by atoms with van der Waals surface area (Å²) in [4.78, 5) is 2.44. The van der Waals surface area contributed by atoms with Gasteiger partial charge in [0.2, 0.25) is 0 Å². The number of rotatable bonds is 5. The van der Waals surface area contributed by atoms with Crippen molar-refractivity contribution >= 4 is 0 Å². The van der Waals surface area contributed by atoms with Gasteiger partial charge >= 0.3 is 0 Å². The molecular formula is C16H21N. The van der Waals surface area contributed by atoms with E-state index >= 15 is 0 Å². The lowest BCUT2D eigenvalue weighted by atomic mass is 10.0. The summed E-state index contributed by atoms with van der Waals surface area (Å²) in [5, 5.41) is 0. The van der Waals surface area contributed by atoms with Gasteiger partial charge in [0.25, 0.3) is 0 Å². The van der Waals surface area contributed by atoms with Gasteiger partial charge in [0.1, 0.15) is 0 Å². The first-order valence-corrected chi connectivity index (χ1v) is 6.55. The highest BCUT2D eigenvalue weighted by Gasteiger charge is 2.13. The van der Waals surface area contributed by atoms with Crippen LogP contribution in [0.25, 0.3) is 0 Å². The molecule has 0 saturated carbocycles. The van der Waals surface area contributed by atoms with Gasteiger partial charge in [-0.2, -0.15) is 0 Å². The van der Waals surface area contributed by atoms with E-state index in [0.29, 0.717) is 6.04 Å². The Hall–Kier alpha value is -1.50. The highest BCUT2D eigenvalue weighted by molar-refractivity contribution is 5.18. The lowest BCUT2D eigenvalue weighted by Gasteiger charge is -2.30. The maximum atomic E-state index is 2.44. The normalized spacial score (nSPS) is 18.6. The number of hydrogen-bond donors (Lipinski definition) is 0. The first-order valence-electron chi connectivity index (χ1n) is 6.55. The summed E-state index contributed by atoms with van der Waals surface area (Å²) in [7, 11) is 0. The monoisotopic (exact) mass is 227 g/mol. The molecule has 0 aromatic heterocycles. The average molecular weight is 227 g/mol. The second kappa shape index (κ2) is 6.29. The lowest BCUT2D eigenvalue weighted by molar-refractivity contribution is 0.290. The molecule has 1 atom stereocenters. The molecule has 1 aliphatic heterocycles. The molecule has 0 amide bonds. The Balaban J connectivity index is 1.98. The van der Waals surface area contributed by atoms with Gasteiger partial charge in [-0.15, -0.1) is 0 Å². The van der Waals surface area contributed by atoms with Crippen molar-refractivity contribution < 1.29 is 0 Å². The van der Waals surface area contributed by atoms with Crippen molar-refractivity contribution in [1.29, 1.82) is 0 Å². The van der Waals surface area contributed by atoms with E-state index < -0.39 is 0 Å². The number of hydrogen-bond acceptors (Lipinski definition) is 1. The molecule has 0 N–H and O–H groups in total. The van der Waals surface area contributed by atoms with E-state index in [1.807, 2.05) is 0 Å². The van der Waals surface area contributed by atoms with Crippen LogP contribution in [0.2, 0.25) is 0 Å². The molecule has 0 fully saturated rings. The minimum Gasteiger partial charge on any atom is -0.367 e. The molecule has 0 radical (unpaired) electrons. The van der Waals surface area contributed by atoms with Crippen molar-refractivity contribution in [3.05, 3.63) is 60.3 Å². The number of unbranched alkanes of at least 4 members (excludes halogenated alkanes) is 1. The van der Waals surface area contributed by atoms with Crippen LogP contribution in [0.4, 0.5) is 0 Å². The van der Waals surface area contributed by atoms with E-state index in [1.54, 1.807) is 0 Å². The van der Waals surface area contributed by atoms with Gasteiger partial charge in [-0.05, 0) is 24.3 Å². The molecule has 1 nitrogen and oxygen atoms in total. The molecule has 17 heavy (non-hydrogen) atoms. The van der Waals surface area contributed by atoms with Gasteiger partial charge in [-0.3, -0.25) is 0 Å². The second-order valence-corrected chi connectivity index (χ2v) is 4.59. The number of benzene rings is 1. The van der Waals surface area contributed by atoms with E-state index in [1.165, 1.54) is 24.8 Å². The third kappa shape index (κ3) is 3.48. The highest BCUT2D eigenvalue weighted by atomic mass is 15.1. The summed E-state index contributed by atoms with van der Waals surface area (Å²) in [6, 6.07) is 11.3. The zero-order valence-corrected chi connectivity index (χ0v) is 10.5. The molecule has 2 rings (SSSR count). The van der Waals surface area contributed by atoms with Crippen LogP contribution in [0.1, 0.15) is 31.7 Å². The molecule has 0 aliphatic carbocycles. The molecule has 0 saturated heterocycles. The van der Waals surface area contributed by atoms with Crippen molar-refractivity contribution in [2.45, 2.75) is 38.8 Å². The Morgan fingerprint density at radius 2 is 1.94 bits per heavy atom. The Bertz CT molecular complexity index is 378. The summed E-state index contributed by atoms with van der Waals surface area (Å²) in [6.07, 6.45) is 12.7. The van der Waals surface area contributed by atoms with Crippen LogP contribution < -0.4 is 0 Å². The molecule has 0 bridgehead atoms. The fraction of sp³-hybridized carbons (Fsp3) is 0.375. The fourth-order valence-corrected chi connectivity index (χ4v) is 2.21. The Labute approximate surface area is 104 Å².